The Morgan fingerprint density at radius 3 is 3.11 bits per heavy atom. The molecular weight excluding hydrogens is 344 g/mol. The number of carbonyl (C=O) groups is 1. The Kier molecular flexibility index (Phi) is 4.77. The molecular formula is C20H22N4O3. The number of methoxy groups -OCH3 is 1. The van der Waals surface area contributed by atoms with Gasteiger partial charge in [-0.2, -0.15) is 5.10 Å². The Balaban J connectivity index is 1.65. The number of nitrogens with one attached hydrogen (secondary N) is 1. The van der Waals surface area contributed by atoms with Gasteiger partial charge in [-0.1, -0.05) is 29.4 Å². The number of ether oxygens (including phenoxy) is 1. The van der Waals surface area contributed by atoms with Crippen molar-refractivity contribution >= 4 is 11.7 Å². The van der Waals surface area contributed by atoms with E-state index in [9.17, 15) is 4.79 Å². The first-order valence-corrected chi connectivity index (χ1v) is 9.04. The van der Waals surface area contributed by atoms with Gasteiger partial charge in [-0.25, -0.2) is 4.68 Å². The minimum Gasteiger partial charge on any atom is -0.378 e. The zero-order valence-corrected chi connectivity index (χ0v) is 15.4. The summed E-state index contributed by atoms with van der Waals surface area (Å²) >= 11 is 0. The largest absolute Gasteiger partial charge is 0.378 e. The van der Waals surface area contributed by atoms with E-state index in [4.69, 9.17) is 9.26 Å². The molecule has 0 saturated carbocycles. The zero-order chi connectivity index (χ0) is 18.8. The van der Waals surface area contributed by atoms with Crippen LogP contribution in [-0.4, -0.2) is 28.0 Å². The zero-order valence-electron chi connectivity index (χ0n) is 15.4. The molecule has 0 fully saturated rings. The van der Waals surface area contributed by atoms with Gasteiger partial charge in [-0.3, -0.25) is 4.79 Å². The molecule has 7 heteroatoms. The fourth-order valence-corrected chi connectivity index (χ4v) is 3.68. The molecule has 1 atom stereocenters. The molecule has 2 aromatic heterocycles. The standard InChI is InChI=1S/C20H22N4O3/c1-13-10-21-24(18-9-5-7-14-6-3-4-8-15(14)18)19(13)22-20(25)16-11-27-23-17(16)12-26-2/h3-4,6,8,10-11,18H,5,7,9,12H2,1-2H3,(H,22,25). The first-order chi connectivity index (χ1) is 13.2. The Morgan fingerprint density at radius 1 is 1.41 bits per heavy atom. The quantitative estimate of drug-likeness (QED) is 0.747. The van der Waals surface area contributed by atoms with Gasteiger partial charge in [0.15, 0.2) is 0 Å². The molecule has 1 N–H and O–H groups in total. The second kappa shape index (κ2) is 7.36. The summed E-state index contributed by atoms with van der Waals surface area (Å²) in [7, 11) is 1.55. The SMILES string of the molecule is COCc1nocc1C(=O)Nc1c(C)cnn1C1CCCc2ccccc21. The number of anilines is 1. The van der Waals surface area contributed by atoms with Crippen LogP contribution >= 0.6 is 0 Å². The third-order valence-electron chi connectivity index (χ3n) is 5.01. The Morgan fingerprint density at radius 2 is 2.26 bits per heavy atom. The van der Waals surface area contributed by atoms with E-state index in [1.165, 1.54) is 17.4 Å². The molecule has 0 spiro atoms. The summed E-state index contributed by atoms with van der Waals surface area (Å²) in [5.74, 6) is 0.420. The molecule has 140 valence electrons. The number of amides is 1. The summed E-state index contributed by atoms with van der Waals surface area (Å²) in [6, 6.07) is 8.56. The van der Waals surface area contributed by atoms with Gasteiger partial charge in [0.1, 0.15) is 23.3 Å². The maximum Gasteiger partial charge on any atom is 0.262 e. The van der Waals surface area contributed by atoms with Crippen LogP contribution < -0.4 is 5.32 Å². The van der Waals surface area contributed by atoms with Gasteiger partial charge >= 0.3 is 0 Å². The number of benzene rings is 1. The highest BCUT2D eigenvalue weighted by Gasteiger charge is 2.26. The molecule has 1 aliphatic carbocycles. The lowest BCUT2D eigenvalue weighted by molar-refractivity contribution is 0.102. The van der Waals surface area contributed by atoms with E-state index in [1.54, 1.807) is 13.3 Å². The lowest BCUT2D eigenvalue weighted by atomic mass is 9.88. The minimum absolute atomic E-state index is 0.111. The monoisotopic (exact) mass is 366 g/mol. The summed E-state index contributed by atoms with van der Waals surface area (Å²) in [4.78, 5) is 12.8. The van der Waals surface area contributed by atoms with E-state index in [1.807, 2.05) is 11.6 Å². The number of carbonyl (C=O) groups excluding carboxylic acids is 1. The van der Waals surface area contributed by atoms with E-state index in [0.29, 0.717) is 17.1 Å². The summed E-state index contributed by atoms with van der Waals surface area (Å²) in [6.45, 7) is 2.16. The topological polar surface area (TPSA) is 82.2 Å². The van der Waals surface area contributed by atoms with Crippen molar-refractivity contribution in [2.45, 2.75) is 38.8 Å². The second-order valence-corrected chi connectivity index (χ2v) is 6.79. The summed E-state index contributed by atoms with van der Waals surface area (Å²) in [5, 5.41) is 11.4. The summed E-state index contributed by atoms with van der Waals surface area (Å²) < 4.78 is 11.9. The van der Waals surface area contributed by atoms with Crippen molar-refractivity contribution in [1.82, 2.24) is 14.9 Å². The van der Waals surface area contributed by atoms with Crippen molar-refractivity contribution in [3.8, 4) is 0 Å². The van der Waals surface area contributed by atoms with Gasteiger partial charge < -0.3 is 14.6 Å². The number of hydrogen-bond acceptors (Lipinski definition) is 5. The van der Waals surface area contributed by atoms with Crippen LogP contribution in [0.25, 0.3) is 0 Å². The van der Waals surface area contributed by atoms with Crippen LogP contribution in [0.1, 0.15) is 51.6 Å². The lowest BCUT2D eigenvalue weighted by Crippen LogP contribution is -2.23. The average Bonchev–Trinajstić information content (AvgIpc) is 3.29. The summed E-state index contributed by atoms with van der Waals surface area (Å²) in [6.07, 6.45) is 6.29. The number of fused-ring (bicyclic) bond motifs is 1. The van der Waals surface area contributed by atoms with Crippen molar-refractivity contribution in [2.24, 2.45) is 0 Å². The van der Waals surface area contributed by atoms with E-state index in [0.717, 1.165) is 24.8 Å². The first kappa shape index (κ1) is 17.5. The van der Waals surface area contributed by atoms with Crippen LogP contribution in [0.5, 0.6) is 0 Å². The molecule has 2 heterocycles. The Bertz CT molecular complexity index is 960. The molecule has 4 rings (SSSR count). The van der Waals surface area contributed by atoms with Crippen LogP contribution in [0.15, 0.2) is 41.2 Å². The van der Waals surface area contributed by atoms with Gasteiger partial charge in [-0.05, 0) is 37.3 Å². The van der Waals surface area contributed by atoms with Crippen LogP contribution in [0.4, 0.5) is 5.82 Å². The molecule has 0 radical (unpaired) electrons. The normalized spacial score (nSPS) is 16.1. The number of aromatic nitrogens is 3. The number of rotatable bonds is 5. The van der Waals surface area contributed by atoms with Crippen LogP contribution in [0, 0.1) is 6.92 Å². The van der Waals surface area contributed by atoms with Gasteiger partial charge in [-0.15, -0.1) is 0 Å². The molecule has 1 amide bonds. The molecule has 1 aliphatic rings. The molecule has 0 saturated heterocycles. The van der Waals surface area contributed by atoms with Crippen molar-refractivity contribution in [3.05, 3.63) is 64.7 Å². The predicted molar refractivity (Wildman–Crippen MR) is 99.7 cm³/mol. The van der Waals surface area contributed by atoms with Crippen LogP contribution in [-0.2, 0) is 17.8 Å². The predicted octanol–water partition coefficient (Wildman–Crippen LogP) is 3.50. The molecule has 27 heavy (non-hydrogen) atoms. The molecule has 7 nitrogen and oxygen atoms in total. The smallest absolute Gasteiger partial charge is 0.262 e. The molecule has 3 aromatic rings. The maximum atomic E-state index is 12.8. The van der Waals surface area contributed by atoms with Gasteiger partial charge in [0.05, 0.1) is 18.8 Å². The van der Waals surface area contributed by atoms with E-state index >= 15 is 0 Å². The van der Waals surface area contributed by atoms with E-state index in [-0.39, 0.29) is 18.6 Å². The van der Waals surface area contributed by atoms with Crippen LogP contribution in [0.3, 0.4) is 0 Å². The fraction of sp³-hybridized carbons (Fsp3) is 0.350. The highest BCUT2D eigenvalue weighted by atomic mass is 16.5. The fourth-order valence-electron chi connectivity index (χ4n) is 3.68. The van der Waals surface area contributed by atoms with Crippen molar-refractivity contribution in [1.29, 1.82) is 0 Å². The van der Waals surface area contributed by atoms with Gasteiger partial charge in [0, 0.05) is 12.7 Å². The number of aryl methyl sites for hydroxylation is 2. The third-order valence-corrected chi connectivity index (χ3v) is 5.01. The van der Waals surface area contributed by atoms with E-state index < -0.39 is 0 Å². The number of nitrogens with zero attached hydrogens (tertiary/aromatic N) is 3. The second-order valence-electron chi connectivity index (χ2n) is 6.79. The highest BCUT2D eigenvalue weighted by Crippen LogP contribution is 2.35. The highest BCUT2D eigenvalue weighted by molar-refractivity contribution is 6.04. The third kappa shape index (κ3) is 3.26. The van der Waals surface area contributed by atoms with Crippen molar-refractivity contribution in [3.63, 3.8) is 0 Å². The first-order valence-electron chi connectivity index (χ1n) is 9.04. The Hall–Kier alpha value is -2.93. The van der Waals surface area contributed by atoms with Gasteiger partial charge in [0.25, 0.3) is 5.91 Å². The molecule has 0 bridgehead atoms. The van der Waals surface area contributed by atoms with Crippen molar-refractivity contribution in [2.75, 3.05) is 12.4 Å². The molecule has 1 aromatic carbocycles. The summed E-state index contributed by atoms with van der Waals surface area (Å²) in [5.41, 5.74) is 4.37. The molecule has 0 aliphatic heterocycles. The number of hydrogen-bond donors (Lipinski definition) is 1. The average molecular weight is 366 g/mol. The Labute approximate surface area is 157 Å². The molecule has 1 unspecified atom stereocenters. The minimum atomic E-state index is -0.280. The van der Waals surface area contributed by atoms with Gasteiger partial charge in [0.2, 0.25) is 0 Å². The lowest BCUT2D eigenvalue weighted by Gasteiger charge is -2.27. The maximum absolute atomic E-state index is 12.8. The van der Waals surface area contributed by atoms with Crippen molar-refractivity contribution < 1.29 is 14.1 Å². The van der Waals surface area contributed by atoms with E-state index in [2.05, 4.69) is 39.8 Å². The van der Waals surface area contributed by atoms with Crippen LogP contribution in [0.2, 0.25) is 0 Å².